The van der Waals surface area contributed by atoms with Crippen LogP contribution in [0.2, 0.25) is 0 Å². The lowest BCUT2D eigenvalue weighted by Gasteiger charge is -2.11. The van der Waals surface area contributed by atoms with E-state index in [4.69, 9.17) is 9.97 Å². The second kappa shape index (κ2) is 9.30. The second-order valence-corrected chi connectivity index (χ2v) is 10.9. The van der Waals surface area contributed by atoms with E-state index >= 15 is 0 Å². The van der Waals surface area contributed by atoms with Crippen molar-refractivity contribution in [1.29, 1.82) is 0 Å². The van der Waals surface area contributed by atoms with Crippen LogP contribution in [0.1, 0.15) is 0 Å². The van der Waals surface area contributed by atoms with E-state index in [1.54, 1.807) is 11.3 Å². The van der Waals surface area contributed by atoms with E-state index < -0.39 is 0 Å². The summed E-state index contributed by atoms with van der Waals surface area (Å²) >= 11 is 1.74. The van der Waals surface area contributed by atoms with Crippen molar-refractivity contribution in [1.82, 2.24) is 14.5 Å². The minimum Gasteiger partial charge on any atom is -0.309 e. The Morgan fingerprint density at radius 3 is 2.10 bits per heavy atom. The maximum atomic E-state index is 5.02. The van der Waals surface area contributed by atoms with Crippen LogP contribution in [-0.2, 0) is 0 Å². The molecule has 0 aliphatic rings. The molecule has 3 nitrogen and oxygen atoms in total. The van der Waals surface area contributed by atoms with Gasteiger partial charge in [0.15, 0.2) is 0 Å². The minimum absolute atomic E-state index is 0.958. The molecule has 0 fully saturated rings. The van der Waals surface area contributed by atoms with E-state index in [1.165, 1.54) is 26.5 Å². The normalized spacial score (nSPS) is 11.5. The smallest absolute Gasteiger partial charge is 0.124 e. The number of rotatable bonds is 4. The van der Waals surface area contributed by atoms with Crippen molar-refractivity contribution in [2.75, 3.05) is 0 Å². The summed E-state index contributed by atoms with van der Waals surface area (Å²) in [7, 11) is 0. The first kappa shape index (κ1) is 22.9. The third kappa shape index (κ3) is 3.81. The van der Waals surface area contributed by atoms with Gasteiger partial charge in [-0.1, -0.05) is 91.0 Å². The van der Waals surface area contributed by atoms with Crippen LogP contribution < -0.4 is 0 Å². The Balaban J connectivity index is 1.30. The van der Waals surface area contributed by atoms with E-state index in [0.717, 1.165) is 44.3 Å². The topological polar surface area (TPSA) is 30.7 Å². The monoisotopic (exact) mass is 529 g/mol. The van der Waals surface area contributed by atoms with Gasteiger partial charge in [0, 0.05) is 33.2 Å². The van der Waals surface area contributed by atoms with Gasteiger partial charge in [0.05, 0.1) is 32.6 Å². The number of aromatic nitrogens is 3. The summed E-state index contributed by atoms with van der Waals surface area (Å²) in [5, 5.41) is 3.51. The zero-order valence-electron chi connectivity index (χ0n) is 21.5. The highest BCUT2D eigenvalue weighted by atomic mass is 32.1. The average molecular weight is 530 g/mol. The summed E-state index contributed by atoms with van der Waals surface area (Å²) in [5.74, 6) is 0. The molecule has 0 amide bonds. The SMILES string of the molecule is c1ccc(-c2cccc(-c3cccc(-n4c5ccccc5c5ccc(-c6nc7ccccc7s6)cc54)c3)n2)cc1. The first-order valence-corrected chi connectivity index (χ1v) is 14.2. The summed E-state index contributed by atoms with van der Waals surface area (Å²) in [5.41, 5.74) is 9.77. The van der Waals surface area contributed by atoms with E-state index in [9.17, 15) is 0 Å². The fraction of sp³-hybridized carbons (Fsp3) is 0. The van der Waals surface area contributed by atoms with Crippen molar-refractivity contribution in [3.05, 3.63) is 140 Å². The predicted molar refractivity (Wildman–Crippen MR) is 168 cm³/mol. The van der Waals surface area contributed by atoms with Crippen molar-refractivity contribution >= 4 is 43.4 Å². The van der Waals surface area contributed by atoms with Crippen LogP contribution >= 0.6 is 11.3 Å². The molecule has 0 bridgehead atoms. The Kier molecular flexibility index (Phi) is 5.32. The fourth-order valence-electron chi connectivity index (χ4n) is 5.55. The molecule has 0 aliphatic heterocycles. The third-order valence-electron chi connectivity index (χ3n) is 7.43. The van der Waals surface area contributed by atoms with Gasteiger partial charge in [-0.3, -0.25) is 0 Å². The van der Waals surface area contributed by atoms with Gasteiger partial charge in [0.1, 0.15) is 5.01 Å². The Morgan fingerprint density at radius 1 is 0.475 bits per heavy atom. The van der Waals surface area contributed by atoms with Crippen molar-refractivity contribution in [2.45, 2.75) is 0 Å². The molecule has 0 saturated carbocycles. The molecule has 8 rings (SSSR count). The quantitative estimate of drug-likeness (QED) is 0.227. The molecule has 3 heterocycles. The van der Waals surface area contributed by atoms with Crippen LogP contribution in [0.4, 0.5) is 0 Å². The van der Waals surface area contributed by atoms with Gasteiger partial charge in [0.25, 0.3) is 0 Å². The van der Waals surface area contributed by atoms with Crippen molar-refractivity contribution < 1.29 is 0 Å². The van der Waals surface area contributed by atoms with Crippen molar-refractivity contribution in [3.63, 3.8) is 0 Å². The van der Waals surface area contributed by atoms with Crippen LogP contribution in [-0.4, -0.2) is 14.5 Å². The lowest BCUT2D eigenvalue weighted by atomic mass is 10.1. The van der Waals surface area contributed by atoms with Gasteiger partial charge in [0.2, 0.25) is 0 Å². The summed E-state index contributed by atoms with van der Waals surface area (Å²) < 4.78 is 3.57. The number of para-hydroxylation sites is 2. The maximum Gasteiger partial charge on any atom is 0.124 e. The first-order valence-electron chi connectivity index (χ1n) is 13.3. The zero-order chi connectivity index (χ0) is 26.5. The van der Waals surface area contributed by atoms with Crippen LogP contribution in [0.5, 0.6) is 0 Å². The van der Waals surface area contributed by atoms with Crippen molar-refractivity contribution in [3.8, 4) is 38.8 Å². The molecule has 0 saturated heterocycles. The molecule has 0 atom stereocenters. The van der Waals surface area contributed by atoms with Crippen LogP contribution in [0, 0.1) is 0 Å². The van der Waals surface area contributed by atoms with E-state index in [2.05, 4.69) is 132 Å². The number of thiazole rings is 1. The molecule has 0 unspecified atom stereocenters. The highest BCUT2D eigenvalue weighted by Crippen LogP contribution is 2.37. The molecule has 0 N–H and O–H groups in total. The van der Waals surface area contributed by atoms with E-state index in [-0.39, 0.29) is 0 Å². The van der Waals surface area contributed by atoms with Gasteiger partial charge >= 0.3 is 0 Å². The Labute approximate surface area is 235 Å². The van der Waals surface area contributed by atoms with Gasteiger partial charge in [-0.2, -0.15) is 0 Å². The van der Waals surface area contributed by atoms with E-state index in [0.29, 0.717) is 0 Å². The molecular weight excluding hydrogens is 506 g/mol. The molecule has 3 aromatic heterocycles. The van der Waals surface area contributed by atoms with Crippen LogP contribution in [0.15, 0.2) is 140 Å². The number of pyridine rings is 1. The highest BCUT2D eigenvalue weighted by molar-refractivity contribution is 7.21. The lowest BCUT2D eigenvalue weighted by molar-refractivity contribution is 1.18. The Hall–Kier alpha value is -5.06. The number of fused-ring (bicyclic) bond motifs is 4. The lowest BCUT2D eigenvalue weighted by Crippen LogP contribution is -1.95. The molecule has 8 aromatic rings. The van der Waals surface area contributed by atoms with Gasteiger partial charge < -0.3 is 4.57 Å². The highest BCUT2D eigenvalue weighted by Gasteiger charge is 2.15. The molecule has 4 heteroatoms. The first-order chi connectivity index (χ1) is 19.8. The maximum absolute atomic E-state index is 5.02. The number of hydrogen-bond donors (Lipinski definition) is 0. The number of nitrogens with zero attached hydrogens (tertiary/aromatic N) is 3. The molecule has 0 spiro atoms. The number of benzene rings is 5. The van der Waals surface area contributed by atoms with Gasteiger partial charge in [-0.15, -0.1) is 11.3 Å². The standard InChI is InChI=1S/C36H23N3S/c1-2-10-24(11-3-1)30-16-9-17-31(37-30)25-12-8-13-27(22-25)39-33-18-6-4-14-28(33)29-21-20-26(23-34(29)39)36-38-32-15-5-7-19-35(32)40-36/h1-23H. The molecule has 188 valence electrons. The fourth-order valence-corrected chi connectivity index (χ4v) is 6.51. The largest absolute Gasteiger partial charge is 0.309 e. The second-order valence-electron chi connectivity index (χ2n) is 9.90. The predicted octanol–water partition coefficient (Wildman–Crippen LogP) is 9.79. The molecule has 0 aliphatic carbocycles. The Morgan fingerprint density at radius 2 is 1.20 bits per heavy atom. The molecular formula is C36H23N3S. The van der Waals surface area contributed by atoms with E-state index in [1.807, 2.05) is 12.1 Å². The summed E-state index contributed by atoms with van der Waals surface area (Å²) in [6.45, 7) is 0. The average Bonchev–Trinajstić information content (AvgIpc) is 3.61. The summed E-state index contributed by atoms with van der Waals surface area (Å²) in [4.78, 5) is 9.95. The van der Waals surface area contributed by atoms with Crippen LogP contribution in [0.3, 0.4) is 0 Å². The molecule has 0 radical (unpaired) electrons. The number of hydrogen-bond acceptors (Lipinski definition) is 3. The third-order valence-corrected chi connectivity index (χ3v) is 8.52. The van der Waals surface area contributed by atoms with Gasteiger partial charge in [-0.25, -0.2) is 9.97 Å². The Bertz CT molecular complexity index is 2140. The summed E-state index contributed by atoms with van der Waals surface area (Å²) in [6, 6.07) is 49.0. The molecule has 5 aromatic carbocycles. The zero-order valence-corrected chi connectivity index (χ0v) is 22.3. The summed E-state index contributed by atoms with van der Waals surface area (Å²) in [6.07, 6.45) is 0. The van der Waals surface area contributed by atoms with Crippen molar-refractivity contribution in [2.24, 2.45) is 0 Å². The molecule has 40 heavy (non-hydrogen) atoms. The van der Waals surface area contributed by atoms with Gasteiger partial charge in [-0.05, 0) is 48.5 Å². The van der Waals surface area contributed by atoms with Crippen LogP contribution in [0.25, 0.3) is 70.8 Å². The minimum atomic E-state index is 0.958.